The van der Waals surface area contributed by atoms with Gasteiger partial charge in [-0.15, -0.1) is 0 Å². The van der Waals surface area contributed by atoms with E-state index in [0.717, 1.165) is 6.54 Å². The maximum atomic E-state index is 3.57. The molecule has 1 nitrogen and oxygen atoms in total. The van der Waals surface area contributed by atoms with Crippen LogP contribution in [0, 0.1) is 5.92 Å². The van der Waals surface area contributed by atoms with E-state index >= 15 is 0 Å². The topological polar surface area (TPSA) is 12.0 Å². The maximum absolute atomic E-state index is 3.57. The SMILES string of the molecule is CCCCCCCCCCCCCCCCCCNCC1C=CC=C1. The lowest BCUT2D eigenvalue weighted by Gasteiger charge is -2.07. The van der Waals surface area contributed by atoms with E-state index in [-0.39, 0.29) is 0 Å². The van der Waals surface area contributed by atoms with E-state index in [9.17, 15) is 0 Å². The Morgan fingerprint density at radius 1 is 0.560 bits per heavy atom. The highest BCUT2D eigenvalue weighted by atomic mass is 14.8. The summed E-state index contributed by atoms with van der Waals surface area (Å²) in [5.74, 6) is 0.640. The summed E-state index contributed by atoms with van der Waals surface area (Å²) in [6, 6.07) is 0. The summed E-state index contributed by atoms with van der Waals surface area (Å²) in [6.45, 7) is 4.60. The Morgan fingerprint density at radius 2 is 0.960 bits per heavy atom. The van der Waals surface area contributed by atoms with Crippen molar-refractivity contribution < 1.29 is 0 Å². The van der Waals surface area contributed by atoms with Crippen LogP contribution in [0.3, 0.4) is 0 Å². The van der Waals surface area contributed by atoms with Gasteiger partial charge in [0.15, 0.2) is 0 Å². The Hall–Kier alpha value is -0.560. The van der Waals surface area contributed by atoms with Gasteiger partial charge in [-0.3, -0.25) is 0 Å². The van der Waals surface area contributed by atoms with Crippen molar-refractivity contribution in [2.45, 2.75) is 110 Å². The fourth-order valence-electron chi connectivity index (χ4n) is 3.68. The van der Waals surface area contributed by atoms with Gasteiger partial charge in [0.2, 0.25) is 0 Å². The number of allylic oxidation sites excluding steroid dienone is 2. The Bertz CT molecular complexity index is 306. The molecule has 0 radical (unpaired) electrons. The molecule has 0 bridgehead atoms. The zero-order chi connectivity index (χ0) is 17.8. The smallest absolute Gasteiger partial charge is 0.00779 e. The summed E-state index contributed by atoms with van der Waals surface area (Å²) in [5.41, 5.74) is 0. The molecule has 0 aromatic rings. The molecule has 0 atom stereocenters. The third kappa shape index (κ3) is 15.4. The third-order valence-electron chi connectivity index (χ3n) is 5.41. The maximum Gasteiger partial charge on any atom is 0.00779 e. The monoisotopic (exact) mass is 347 g/mol. The second-order valence-corrected chi connectivity index (χ2v) is 7.94. The first-order chi connectivity index (χ1) is 12.4. The van der Waals surface area contributed by atoms with Crippen LogP contribution in [-0.2, 0) is 0 Å². The van der Waals surface area contributed by atoms with Crippen molar-refractivity contribution >= 4 is 0 Å². The molecule has 1 N–H and O–H groups in total. The predicted octanol–water partition coefficient (Wildman–Crippen LogP) is 7.58. The van der Waals surface area contributed by atoms with Crippen LogP contribution < -0.4 is 5.32 Å². The Kier molecular flexibility index (Phi) is 16.4. The quantitative estimate of drug-likeness (QED) is 0.237. The van der Waals surface area contributed by atoms with Gasteiger partial charge in [-0.05, 0) is 13.0 Å². The van der Waals surface area contributed by atoms with Crippen molar-refractivity contribution in [2.24, 2.45) is 5.92 Å². The molecule has 0 aromatic carbocycles. The van der Waals surface area contributed by atoms with Gasteiger partial charge >= 0.3 is 0 Å². The lowest BCUT2D eigenvalue weighted by Crippen LogP contribution is -2.21. The van der Waals surface area contributed by atoms with Crippen molar-refractivity contribution in [1.82, 2.24) is 5.32 Å². The largest absolute Gasteiger partial charge is 0.316 e. The first-order valence-corrected chi connectivity index (χ1v) is 11.5. The van der Waals surface area contributed by atoms with Crippen LogP contribution in [0.4, 0.5) is 0 Å². The molecule has 0 fully saturated rings. The van der Waals surface area contributed by atoms with Gasteiger partial charge in [-0.25, -0.2) is 0 Å². The van der Waals surface area contributed by atoms with E-state index in [0.29, 0.717) is 5.92 Å². The summed E-state index contributed by atoms with van der Waals surface area (Å²) in [6.07, 6.45) is 32.0. The number of nitrogens with one attached hydrogen (secondary N) is 1. The lowest BCUT2D eigenvalue weighted by atomic mass is 10.0. The Morgan fingerprint density at radius 3 is 1.40 bits per heavy atom. The Labute approximate surface area is 158 Å². The van der Waals surface area contributed by atoms with Crippen LogP contribution in [0.15, 0.2) is 24.3 Å². The molecule has 0 unspecified atom stereocenters. The molecule has 1 rings (SSSR count). The first kappa shape index (κ1) is 22.5. The van der Waals surface area contributed by atoms with Gasteiger partial charge in [0.1, 0.15) is 0 Å². The van der Waals surface area contributed by atoms with Crippen molar-refractivity contribution in [3.05, 3.63) is 24.3 Å². The molecule has 0 aromatic heterocycles. The highest BCUT2D eigenvalue weighted by Gasteiger charge is 2.01. The normalized spacial score (nSPS) is 14.0. The summed E-state index contributed by atoms with van der Waals surface area (Å²) in [4.78, 5) is 0. The van der Waals surface area contributed by atoms with Gasteiger partial charge < -0.3 is 5.32 Å². The molecule has 0 aliphatic heterocycles. The van der Waals surface area contributed by atoms with Crippen molar-refractivity contribution in [3.63, 3.8) is 0 Å². The van der Waals surface area contributed by atoms with Gasteiger partial charge in [0.05, 0.1) is 0 Å². The fraction of sp³-hybridized carbons (Fsp3) is 0.833. The second kappa shape index (κ2) is 18.2. The number of unbranched alkanes of at least 4 members (excludes halogenated alkanes) is 15. The van der Waals surface area contributed by atoms with Crippen LogP contribution in [-0.4, -0.2) is 13.1 Å². The summed E-state index contributed by atoms with van der Waals surface area (Å²) in [5, 5.41) is 3.57. The summed E-state index contributed by atoms with van der Waals surface area (Å²) < 4.78 is 0. The molecule has 146 valence electrons. The van der Waals surface area contributed by atoms with Crippen molar-refractivity contribution in [1.29, 1.82) is 0 Å². The standard InChI is InChI=1S/C24H45N/c1-2-3-4-5-6-7-8-9-10-11-12-13-14-15-16-19-22-25-23-24-20-17-18-21-24/h17-18,20-21,24-25H,2-16,19,22-23H2,1H3. The van der Waals surface area contributed by atoms with E-state index in [1.807, 2.05) is 0 Å². The van der Waals surface area contributed by atoms with E-state index in [1.165, 1.54) is 109 Å². The number of hydrogen-bond acceptors (Lipinski definition) is 1. The van der Waals surface area contributed by atoms with Crippen LogP contribution in [0.2, 0.25) is 0 Å². The van der Waals surface area contributed by atoms with Gasteiger partial charge in [-0.2, -0.15) is 0 Å². The highest BCUT2D eigenvalue weighted by molar-refractivity contribution is 5.17. The molecule has 0 saturated heterocycles. The second-order valence-electron chi connectivity index (χ2n) is 7.94. The van der Waals surface area contributed by atoms with Gasteiger partial charge in [0, 0.05) is 12.5 Å². The molecule has 1 aliphatic carbocycles. The minimum Gasteiger partial charge on any atom is -0.316 e. The van der Waals surface area contributed by atoms with E-state index in [2.05, 4.69) is 36.5 Å². The van der Waals surface area contributed by atoms with E-state index in [1.54, 1.807) is 0 Å². The molecule has 1 aliphatic rings. The Balaban J connectivity index is 1.64. The molecule has 1 heteroatoms. The van der Waals surface area contributed by atoms with Gasteiger partial charge in [0.25, 0.3) is 0 Å². The van der Waals surface area contributed by atoms with Crippen molar-refractivity contribution in [3.8, 4) is 0 Å². The van der Waals surface area contributed by atoms with Crippen LogP contribution in [0.1, 0.15) is 110 Å². The average molecular weight is 348 g/mol. The molecular formula is C24H45N. The van der Waals surface area contributed by atoms with Gasteiger partial charge in [-0.1, -0.05) is 128 Å². The van der Waals surface area contributed by atoms with Crippen LogP contribution in [0.5, 0.6) is 0 Å². The molecule has 0 heterocycles. The average Bonchev–Trinajstić information content (AvgIpc) is 3.14. The van der Waals surface area contributed by atoms with Crippen LogP contribution >= 0.6 is 0 Å². The molecule has 25 heavy (non-hydrogen) atoms. The summed E-state index contributed by atoms with van der Waals surface area (Å²) in [7, 11) is 0. The minimum atomic E-state index is 0.640. The molecule has 0 amide bonds. The zero-order valence-electron chi connectivity index (χ0n) is 17.1. The molecule has 0 saturated carbocycles. The highest BCUT2D eigenvalue weighted by Crippen LogP contribution is 2.13. The minimum absolute atomic E-state index is 0.640. The fourth-order valence-corrected chi connectivity index (χ4v) is 3.68. The molecule has 0 spiro atoms. The number of hydrogen-bond donors (Lipinski definition) is 1. The first-order valence-electron chi connectivity index (χ1n) is 11.5. The molecular weight excluding hydrogens is 302 g/mol. The van der Waals surface area contributed by atoms with E-state index in [4.69, 9.17) is 0 Å². The third-order valence-corrected chi connectivity index (χ3v) is 5.41. The summed E-state index contributed by atoms with van der Waals surface area (Å²) >= 11 is 0. The number of rotatable bonds is 19. The van der Waals surface area contributed by atoms with Crippen LogP contribution in [0.25, 0.3) is 0 Å². The zero-order valence-corrected chi connectivity index (χ0v) is 17.1. The lowest BCUT2D eigenvalue weighted by molar-refractivity contribution is 0.523. The predicted molar refractivity (Wildman–Crippen MR) is 114 cm³/mol. The van der Waals surface area contributed by atoms with E-state index < -0.39 is 0 Å². The van der Waals surface area contributed by atoms with Crippen molar-refractivity contribution in [2.75, 3.05) is 13.1 Å².